The lowest BCUT2D eigenvalue weighted by Gasteiger charge is -2.10. The van der Waals surface area contributed by atoms with Crippen LogP contribution in [0.1, 0.15) is 0 Å². The van der Waals surface area contributed by atoms with E-state index in [9.17, 15) is 16.8 Å². The van der Waals surface area contributed by atoms with Crippen molar-refractivity contribution in [2.24, 2.45) is 0 Å². The number of nitrogens with two attached hydrogens (primary N) is 1. The van der Waals surface area contributed by atoms with E-state index in [2.05, 4.69) is 0 Å². The van der Waals surface area contributed by atoms with Crippen LogP contribution in [0.5, 0.6) is 0 Å². The van der Waals surface area contributed by atoms with Crippen LogP contribution in [0.3, 0.4) is 0 Å². The van der Waals surface area contributed by atoms with Crippen LogP contribution in [0.4, 0.5) is 5.69 Å². The van der Waals surface area contributed by atoms with E-state index in [0.717, 1.165) is 6.26 Å². The Kier molecular flexibility index (Phi) is 3.79. The number of sulfone groups is 1. The van der Waals surface area contributed by atoms with Crippen molar-refractivity contribution in [2.75, 3.05) is 12.0 Å². The molecule has 0 aliphatic heterocycles. The third-order valence-electron chi connectivity index (χ3n) is 2.93. The summed E-state index contributed by atoms with van der Waals surface area (Å²) in [4.78, 5) is -0.233. The number of para-hydroxylation sites is 1. The molecule has 0 aliphatic rings. The van der Waals surface area contributed by atoms with Crippen molar-refractivity contribution in [3.8, 4) is 11.1 Å². The maximum absolute atomic E-state index is 11.6. The molecule has 2 aromatic carbocycles. The second-order valence-corrected chi connectivity index (χ2v) is 7.89. The Morgan fingerprint density at radius 3 is 2.00 bits per heavy atom. The summed E-state index contributed by atoms with van der Waals surface area (Å²) >= 11 is 0. The highest BCUT2D eigenvalue weighted by atomic mass is 32.2. The van der Waals surface area contributed by atoms with Gasteiger partial charge in [-0.25, -0.2) is 8.42 Å². The van der Waals surface area contributed by atoms with Gasteiger partial charge in [-0.2, -0.15) is 8.42 Å². The molecule has 0 spiro atoms. The van der Waals surface area contributed by atoms with Crippen molar-refractivity contribution >= 4 is 25.6 Å². The molecule has 8 heteroatoms. The lowest BCUT2D eigenvalue weighted by molar-refractivity contribution is 0.483. The van der Waals surface area contributed by atoms with Crippen LogP contribution in [-0.2, 0) is 20.0 Å². The zero-order valence-corrected chi connectivity index (χ0v) is 12.6. The minimum atomic E-state index is -4.27. The Morgan fingerprint density at radius 1 is 0.952 bits per heavy atom. The van der Waals surface area contributed by atoms with Crippen LogP contribution < -0.4 is 5.73 Å². The second kappa shape index (κ2) is 5.14. The quantitative estimate of drug-likeness (QED) is 0.653. The van der Waals surface area contributed by atoms with E-state index in [1.54, 1.807) is 12.1 Å². The zero-order chi connectivity index (χ0) is 15.8. The lowest BCUT2D eigenvalue weighted by atomic mass is 10.0. The first kappa shape index (κ1) is 15.5. The lowest BCUT2D eigenvalue weighted by Crippen LogP contribution is -2.03. The molecule has 0 bridgehead atoms. The van der Waals surface area contributed by atoms with Crippen LogP contribution in [0.25, 0.3) is 11.1 Å². The van der Waals surface area contributed by atoms with Crippen molar-refractivity contribution in [2.45, 2.75) is 9.79 Å². The van der Waals surface area contributed by atoms with Gasteiger partial charge in [-0.1, -0.05) is 24.3 Å². The Morgan fingerprint density at radius 2 is 1.52 bits per heavy atom. The third-order valence-corrected chi connectivity index (χ3v) is 4.95. The fraction of sp³-hybridized carbons (Fsp3) is 0.0769. The molecule has 0 saturated heterocycles. The van der Waals surface area contributed by atoms with Gasteiger partial charge in [0.15, 0.2) is 9.84 Å². The summed E-state index contributed by atoms with van der Waals surface area (Å²) in [5.74, 6) is 0. The normalized spacial score (nSPS) is 12.3. The number of anilines is 1. The van der Waals surface area contributed by atoms with E-state index in [-0.39, 0.29) is 15.5 Å². The number of benzene rings is 2. The Bertz CT molecular complexity index is 885. The summed E-state index contributed by atoms with van der Waals surface area (Å²) in [6.07, 6.45) is 1.06. The molecular weight excluding hydrogens is 314 g/mol. The van der Waals surface area contributed by atoms with Gasteiger partial charge in [0.2, 0.25) is 0 Å². The minimum absolute atomic E-state index is 0.0128. The van der Waals surface area contributed by atoms with Crippen LogP contribution in [0.15, 0.2) is 52.3 Å². The summed E-state index contributed by atoms with van der Waals surface area (Å²) in [6.45, 7) is 0. The van der Waals surface area contributed by atoms with Crippen LogP contribution >= 0.6 is 0 Å². The summed E-state index contributed by atoms with van der Waals surface area (Å²) in [5, 5.41) is 0. The highest BCUT2D eigenvalue weighted by Crippen LogP contribution is 2.31. The minimum Gasteiger partial charge on any atom is -0.397 e. The molecule has 2 rings (SSSR count). The molecule has 3 N–H and O–H groups in total. The molecule has 0 unspecified atom stereocenters. The van der Waals surface area contributed by atoms with Crippen LogP contribution in [-0.4, -0.2) is 27.6 Å². The summed E-state index contributed by atoms with van der Waals surface area (Å²) in [5.41, 5.74) is 6.99. The highest BCUT2D eigenvalue weighted by molar-refractivity contribution is 7.90. The van der Waals surface area contributed by atoms with E-state index in [1.165, 1.54) is 30.3 Å². The number of hydrogen-bond acceptors (Lipinski definition) is 5. The monoisotopic (exact) mass is 327 g/mol. The molecule has 0 radical (unpaired) electrons. The molecular formula is C13H13NO5S2. The van der Waals surface area contributed by atoms with Crippen LogP contribution in [0, 0.1) is 0 Å². The molecule has 2 aromatic rings. The van der Waals surface area contributed by atoms with Gasteiger partial charge in [0.05, 0.1) is 15.5 Å². The molecule has 0 aliphatic carbocycles. The number of rotatable bonds is 3. The van der Waals surface area contributed by atoms with Gasteiger partial charge in [0.25, 0.3) is 10.1 Å². The molecule has 0 saturated carbocycles. The highest BCUT2D eigenvalue weighted by Gasteiger charge is 2.15. The first-order valence-electron chi connectivity index (χ1n) is 5.77. The Hall–Kier alpha value is -1.90. The van der Waals surface area contributed by atoms with E-state index >= 15 is 0 Å². The summed E-state index contributed by atoms with van der Waals surface area (Å²) in [7, 11) is -7.73. The van der Waals surface area contributed by atoms with E-state index in [1.807, 2.05) is 0 Å². The van der Waals surface area contributed by atoms with E-state index in [4.69, 9.17) is 10.3 Å². The van der Waals surface area contributed by atoms with Crippen molar-refractivity contribution in [3.05, 3.63) is 42.5 Å². The van der Waals surface area contributed by atoms with Crippen molar-refractivity contribution in [1.29, 1.82) is 0 Å². The average Bonchev–Trinajstić information content (AvgIpc) is 2.37. The SMILES string of the molecule is CS(=O)(=O)c1cccc(-c2ccc(S(=O)(=O)O)cc2)c1N. The standard InChI is InChI=1S/C13H13NO5S2/c1-20(15,16)12-4-2-3-11(13(12)14)9-5-7-10(8-6-9)21(17,18)19/h2-8H,14H2,1H3,(H,17,18,19). The second-order valence-electron chi connectivity index (χ2n) is 4.49. The maximum Gasteiger partial charge on any atom is 0.294 e. The van der Waals surface area contributed by atoms with Crippen molar-refractivity contribution in [1.82, 2.24) is 0 Å². The Balaban J connectivity index is 2.59. The largest absolute Gasteiger partial charge is 0.397 e. The maximum atomic E-state index is 11.6. The third kappa shape index (κ3) is 3.23. The Labute approximate surface area is 122 Å². The smallest absolute Gasteiger partial charge is 0.294 e. The number of nitrogen functional groups attached to an aromatic ring is 1. The summed E-state index contributed by atoms with van der Waals surface area (Å²) < 4.78 is 54.2. The molecule has 112 valence electrons. The van der Waals surface area contributed by atoms with Gasteiger partial charge in [0, 0.05) is 11.8 Å². The topological polar surface area (TPSA) is 115 Å². The van der Waals surface area contributed by atoms with Gasteiger partial charge < -0.3 is 5.73 Å². The van der Waals surface area contributed by atoms with Gasteiger partial charge in [-0.3, -0.25) is 4.55 Å². The predicted molar refractivity (Wildman–Crippen MR) is 79.2 cm³/mol. The van der Waals surface area contributed by atoms with Crippen LogP contribution in [0.2, 0.25) is 0 Å². The molecule has 0 aromatic heterocycles. The number of hydrogen-bond donors (Lipinski definition) is 2. The fourth-order valence-corrected chi connectivity index (χ4v) is 3.24. The van der Waals surface area contributed by atoms with E-state index < -0.39 is 20.0 Å². The molecule has 0 heterocycles. The van der Waals surface area contributed by atoms with Crippen molar-refractivity contribution in [3.63, 3.8) is 0 Å². The zero-order valence-electron chi connectivity index (χ0n) is 11.0. The van der Waals surface area contributed by atoms with E-state index in [0.29, 0.717) is 11.1 Å². The molecule has 0 amide bonds. The van der Waals surface area contributed by atoms with Gasteiger partial charge >= 0.3 is 0 Å². The van der Waals surface area contributed by atoms with Crippen molar-refractivity contribution < 1.29 is 21.4 Å². The summed E-state index contributed by atoms with van der Waals surface area (Å²) in [6, 6.07) is 9.92. The fourth-order valence-electron chi connectivity index (χ4n) is 1.93. The van der Waals surface area contributed by atoms with Gasteiger partial charge in [0.1, 0.15) is 0 Å². The molecule has 6 nitrogen and oxygen atoms in total. The molecule has 21 heavy (non-hydrogen) atoms. The average molecular weight is 327 g/mol. The predicted octanol–water partition coefficient (Wildman–Crippen LogP) is 1.59. The first-order chi connectivity index (χ1) is 9.60. The first-order valence-corrected chi connectivity index (χ1v) is 9.10. The molecule has 0 fully saturated rings. The molecule has 0 atom stereocenters. The van der Waals surface area contributed by atoms with Gasteiger partial charge in [-0.15, -0.1) is 0 Å². The van der Waals surface area contributed by atoms with Gasteiger partial charge in [-0.05, 0) is 23.8 Å².